The largest absolute Gasteiger partial charge is 0.388 e. The number of nitrogens with two attached hydrogens (primary N) is 1. The molecule has 4 nitrogen and oxygen atoms in total. The van der Waals surface area contributed by atoms with Gasteiger partial charge in [0.15, 0.2) is 0 Å². The fourth-order valence-corrected chi connectivity index (χ4v) is 1.91. The molecular weight excluding hydrogens is 256 g/mol. The summed E-state index contributed by atoms with van der Waals surface area (Å²) in [4.78, 5) is 8.63. The predicted molar refractivity (Wildman–Crippen MR) is 81.1 cm³/mol. The summed E-state index contributed by atoms with van der Waals surface area (Å²) in [7, 11) is 0. The maximum Gasteiger partial charge on any atom is 0.144 e. The third-order valence-corrected chi connectivity index (χ3v) is 3.07. The Morgan fingerprint density at radius 3 is 2.53 bits per heavy atom. The fraction of sp³-hybridized carbons (Fsp3) is 0.214. The Morgan fingerprint density at radius 2 is 1.95 bits per heavy atom. The van der Waals surface area contributed by atoms with Crippen molar-refractivity contribution >= 4 is 23.0 Å². The van der Waals surface area contributed by atoms with Crippen LogP contribution in [-0.4, -0.2) is 15.0 Å². The van der Waals surface area contributed by atoms with Crippen molar-refractivity contribution in [1.29, 1.82) is 0 Å². The van der Waals surface area contributed by atoms with Crippen LogP contribution < -0.4 is 11.1 Å². The minimum Gasteiger partial charge on any atom is -0.388 e. The van der Waals surface area contributed by atoms with Gasteiger partial charge in [-0.15, -0.1) is 0 Å². The maximum atomic E-state index is 5.48. The van der Waals surface area contributed by atoms with Crippen LogP contribution >= 0.6 is 12.2 Å². The Hall–Kier alpha value is -2.01. The van der Waals surface area contributed by atoms with E-state index in [0.717, 1.165) is 13.0 Å². The molecule has 2 rings (SSSR count). The van der Waals surface area contributed by atoms with E-state index in [0.29, 0.717) is 11.5 Å². The van der Waals surface area contributed by atoms with E-state index >= 15 is 0 Å². The SMILES string of the molecule is CCc1ccccc1CNc1cnc(C(N)=S)cn1. The van der Waals surface area contributed by atoms with Gasteiger partial charge in [0, 0.05) is 6.54 Å². The number of nitrogens with zero attached hydrogens (tertiary/aromatic N) is 2. The summed E-state index contributed by atoms with van der Waals surface area (Å²) in [6, 6.07) is 8.35. The van der Waals surface area contributed by atoms with Crippen LogP contribution in [0.4, 0.5) is 5.82 Å². The molecule has 1 heterocycles. The smallest absolute Gasteiger partial charge is 0.144 e. The lowest BCUT2D eigenvalue weighted by Crippen LogP contribution is -2.12. The van der Waals surface area contributed by atoms with Crippen LogP contribution in [0.1, 0.15) is 23.7 Å². The van der Waals surface area contributed by atoms with Gasteiger partial charge in [-0.2, -0.15) is 0 Å². The zero-order valence-corrected chi connectivity index (χ0v) is 11.6. The van der Waals surface area contributed by atoms with E-state index in [1.54, 1.807) is 12.4 Å². The molecule has 0 aliphatic rings. The number of benzene rings is 1. The highest BCUT2D eigenvalue weighted by atomic mass is 32.1. The van der Waals surface area contributed by atoms with Crippen LogP contribution in [0.3, 0.4) is 0 Å². The van der Waals surface area contributed by atoms with Crippen LogP contribution in [0, 0.1) is 0 Å². The second-order valence-corrected chi connectivity index (χ2v) is 4.57. The van der Waals surface area contributed by atoms with E-state index in [1.165, 1.54) is 11.1 Å². The predicted octanol–water partition coefficient (Wildman–Crippen LogP) is 2.29. The van der Waals surface area contributed by atoms with Crippen molar-refractivity contribution in [2.45, 2.75) is 19.9 Å². The van der Waals surface area contributed by atoms with Gasteiger partial charge in [-0.3, -0.25) is 0 Å². The number of hydrogen-bond donors (Lipinski definition) is 2. The Labute approximate surface area is 118 Å². The molecule has 2 aromatic rings. The molecule has 19 heavy (non-hydrogen) atoms. The van der Waals surface area contributed by atoms with E-state index < -0.39 is 0 Å². The molecule has 0 aliphatic carbocycles. The van der Waals surface area contributed by atoms with Crippen LogP contribution in [0.5, 0.6) is 0 Å². The van der Waals surface area contributed by atoms with Crippen LogP contribution in [0.25, 0.3) is 0 Å². The first kappa shape index (κ1) is 13.4. The average molecular weight is 272 g/mol. The monoisotopic (exact) mass is 272 g/mol. The van der Waals surface area contributed by atoms with Crippen molar-refractivity contribution in [3.63, 3.8) is 0 Å². The van der Waals surface area contributed by atoms with Crippen LogP contribution in [0.15, 0.2) is 36.7 Å². The summed E-state index contributed by atoms with van der Waals surface area (Å²) in [5.74, 6) is 0.714. The third kappa shape index (κ3) is 3.48. The molecule has 1 aromatic heterocycles. The molecule has 0 bridgehead atoms. The number of aryl methyl sites for hydroxylation is 1. The second kappa shape index (κ2) is 6.24. The van der Waals surface area contributed by atoms with Crippen molar-refractivity contribution < 1.29 is 0 Å². The second-order valence-electron chi connectivity index (χ2n) is 4.13. The molecule has 98 valence electrons. The van der Waals surface area contributed by atoms with Gasteiger partial charge >= 0.3 is 0 Å². The summed E-state index contributed by atoms with van der Waals surface area (Å²) < 4.78 is 0. The van der Waals surface area contributed by atoms with E-state index in [1.807, 2.05) is 6.07 Å². The third-order valence-electron chi connectivity index (χ3n) is 2.86. The standard InChI is InChI=1S/C14H16N4S/c1-2-10-5-3-4-6-11(10)7-17-13-9-16-12(8-18-13)14(15)19/h3-6,8-9H,2,7H2,1H3,(H2,15,19)(H,17,18). The van der Waals surface area contributed by atoms with Gasteiger partial charge in [-0.05, 0) is 17.5 Å². The molecule has 0 unspecified atom stereocenters. The van der Waals surface area contributed by atoms with Gasteiger partial charge in [0.25, 0.3) is 0 Å². The molecule has 0 aliphatic heterocycles. The quantitative estimate of drug-likeness (QED) is 0.818. The molecule has 0 amide bonds. The van der Waals surface area contributed by atoms with Crippen LogP contribution in [-0.2, 0) is 13.0 Å². The number of rotatable bonds is 5. The molecular formula is C14H16N4S. The molecule has 0 radical (unpaired) electrons. The van der Waals surface area contributed by atoms with Crippen molar-refractivity contribution in [3.8, 4) is 0 Å². The molecule has 0 spiro atoms. The number of aromatic nitrogens is 2. The van der Waals surface area contributed by atoms with Gasteiger partial charge in [-0.1, -0.05) is 43.4 Å². The molecule has 0 saturated carbocycles. The first-order valence-electron chi connectivity index (χ1n) is 6.13. The first-order chi connectivity index (χ1) is 9.20. The lowest BCUT2D eigenvalue weighted by atomic mass is 10.1. The van der Waals surface area contributed by atoms with Gasteiger partial charge in [0.1, 0.15) is 16.5 Å². The Kier molecular flexibility index (Phi) is 4.41. The summed E-state index contributed by atoms with van der Waals surface area (Å²) in [5.41, 5.74) is 8.62. The molecule has 0 atom stereocenters. The Morgan fingerprint density at radius 1 is 1.21 bits per heavy atom. The summed E-state index contributed by atoms with van der Waals surface area (Å²) in [6.45, 7) is 2.88. The van der Waals surface area contributed by atoms with Crippen molar-refractivity contribution in [2.24, 2.45) is 5.73 Å². The van der Waals surface area contributed by atoms with Gasteiger partial charge in [0.05, 0.1) is 12.4 Å². The lowest BCUT2D eigenvalue weighted by molar-refractivity contribution is 1.02. The number of anilines is 1. The Bertz CT molecular complexity index is 566. The first-order valence-corrected chi connectivity index (χ1v) is 6.54. The molecule has 3 N–H and O–H groups in total. The average Bonchev–Trinajstić information content (AvgIpc) is 2.45. The van der Waals surface area contributed by atoms with Crippen molar-refractivity contribution in [2.75, 3.05) is 5.32 Å². The summed E-state index contributed by atoms with van der Waals surface area (Å²) in [6.07, 6.45) is 4.24. The van der Waals surface area contributed by atoms with Crippen molar-refractivity contribution in [3.05, 3.63) is 53.5 Å². The molecule has 0 saturated heterocycles. The van der Waals surface area contributed by atoms with E-state index in [9.17, 15) is 0 Å². The number of nitrogens with one attached hydrogen (secondary N) is 1. The fourth-order valence-electron chi connectivity index (χ4n) is 1.81. The minimum absolute atomic E-state index is 0.260. The van der Waals surface area contributed by atoms with E-state index in [-0.39, 0.29) is 4.99 Å². The number of hydrogen-bond acceptors (Lipinski definition) is 4. The topological polar surface area (TPSA) is 63.8 Å². The minimum atomic E-state index is 0.260. The highest BCUT2D eigenvalue weighted by molar-refractivity contribution is 7.80. The summed E-state index contributed by atoms with van der Waals surface area (Å²) in [5, 5.41) is 3.24. The van der Waals surface area contributed by atoms with Crippen molar-refractivity contribution in [1.82, 2.24) is 9.97 Å². The normalized spacial score (nSPS) is 10.2. The zero-order chi connectivity index (χ0) is 13.7. The highest BCUT2D eigenvalue weighted by Crippen LogP contribution is 2.11. The molecule has 0 fully saturated rings. The highest BCUT2D eigenvalue weighted by Gasteiger charge is 2.02. The van der Waals surface area contributed by atoms with Gasteiger partial charge in [0.2, 0.25) is 0 Å². The van der Waals surface area contributed by atoms with Gasteiger partial charge < -0.3 is 11.1 Å². The number of thiocarbonyl (C=S) groups is 1. The van der Waals surface area contributed by atoms with Gasteiger partial charge in [-0.25, -0.2) is 9.97 Å². The van der Waals surface area contributed by atoms with E-state index in [4.69, 9.17) is 18.0 Å². The summed E-state index contributed by atoms with van der Waals surface area (Å²) >= 11 is 4.83. The zero-order valence-electron chi connectivity index (χ0n) is 10.8. The molecule has 1 aromatic carbocycles. The molecule has 5 heteroatoms. The Balaban J connectivity index is 2.04. The van der Waals surface area contributed by atoms with E-state index in [2.05, 4.69) is 40.4 Å². The lowest BCUT2D eigenvalue weighted by Gasteiger charge is -2.09. The maximum absolute atomic E-state index is 5.48. The van der Waals surface area contributed by atoms with Crippen LogP contribution in [0.2, 0.25) is 0 Å².